The fourth-order valence-electron chi connectivity index (χ4n) is 1.44. The number of aliphatic carboxylic acids is 1. The first kappa shape index (κ1) is 15.3. The van der Waals surface area contributed by atoms with Crippen LogP contribution in [0.5, 0.6) is 5.75 Å². The molecule has 0 aliphatic carbocycles. The fraction of sp³-hybridized carbons (Fsp3) is 0.250. The Morgan fingerprint density at radius 1 is 1.30 bits per heavy atom. The number of nitrogens with one attached hydrogen (secondary N) is 1. The minimum Gasteiger partial charge on any atom is -0.508 e. The Labute approximate surface area is 114 Å². The largest absolute Gasteiger partial charge is 0.508 e. The van der Waals surface area contributed by atoms with Gasteiger partial charge in [-0.25, -0.2) is 9.59 Å². The van der Waals surface area contributed by atoms with Gasteiger partial charge in [-0.15, -0.1) is 0 Å². The number of aromatic hydroxyl groups is 1. The number of urea groups is 1. The predicted molar refractivity (Wildman–Crippen MR) is 70.3 cm³/mol. The Kier molecular flexibility index (Phi) is 4.90. The van der Waals surface area contributed by atoms with Crippen LogP contribution in [0.2, 0.25) is 0 Å². The van der Waals surface area contributed by atoms with E-state index in [2.05, 4.69) is 5.32 Å². The van der Waals surface area contributed by atoms with Crippen LogP contribution in [0.4, 0.5) is 10.5 Å². The molecule has 3 amide bonds. The fourth-order valence-corrected chi connectivity index (χ4v) is 1.44. The Balaban J connectivity index is 2.75. The molecule has 8 heteroatoms. The van der Waals surface area contributed by atoms with Crippen molar-refractivity contribution in [2.75, 3.05) is 11.9 Å². The maximum atomic E-state index is 11.9. The summed E-state index contributed by atoms with van der Waals surface area (Å²) in [6.45, 7) is 0. The van der Waals surface area contributed by atoms with Crippen LogP contribution in [0, 0.1) is 0 Å². The molecule has 5 N–H and O–H groups in total. The summed E-state index contributed by atoms with van der Waals surface area (Å²) in [6, 6.07) is 3.65. The van der Waals surface area contributed by atoms with Crippen LogP contribution < -0.4 is 16.0 Å². The minimum absolute atomic E-state index is 0.0414. The van der Waals surface area contributed by atoms with Crippen LogP contribution in [0.25, 0.3) is 0 Å². The van der Waals surface area contributed by atoms with Gasteiger partial charge < -0.3 is 21.3 Å². The lowest BCUT2D eigenvalue weighted by molar-refractivity contribution is -0.140. The molecule has 0 radical (unpaired) electrons. The summed E-state index contributed by atoms with van der Waals surface area (Å²) < 4.78 is 0. The minimum atomic E-state index is -1.39. The first-order valence-electron chi connectivity index (χ1n) is 5.65. The van der Waals surface area contributed by atoms with Gasteiger partial charge in [0.05, 0.1) is 6.42 Å². The molecule has 8 nitrogen and oxygen atoms in total. The first-order chi connectivity index (χ1) is 9.31. The highest BCUT2D eigenvalue weighted by Gasteiger charge is 2.24. The molecule has 0 aromatic heterocycles. The van der Waals surface area contributed by atoms with Crippen molar-refractivity contribution in [3.63, 3.8) is 0 Å². The molecule has 0 heterocycles. The topological polar surface area (TPSA) is 133 Å². The van der Waals surface area contributed by atoms with Gasteiger partial charge in [0.1, 0.15) is 11.8 Å². The Hall–Kier alpha value is -2.77. The Bertz CT molecular complexity index is 514. The zero-order valence-corrected chi connectivity index (χ0v) is 10.7. The third kappa shape index (κ3) is 4.16. The Morgan fingerprint density at radius 3 is 2.30 bits per heavy atom. The summed E-state index contributed by atoms with van der Waals surface area (Å²) in [4.78, 5) is 34.7. The number of phenols is 1. The van der Waals surface area contributed by atoms with Gasteiger partial charge in [-0.05, 0) is 24.3 Å². The van der Waals surface area contributed by atoms with E-state index < -0.39 is 30.4 Å². The van der Waals surface area contributed by atoms with Gasteiger partial charge in [0.25, 0.3) is 0 Å². The van der Waals surface area contributed by atoms with Crippen LogP contribution in [-0.2, 0) is 9.59 Å². The van der Waals surface area contributed by atoms with Gasteiger partial charge >= 0.3 is 12.0 Å². The number of anilines is 1. The van der Waals surface area contributed by atoms with E-state index in [0.29, 0.717) is 5.69 Å². The quantitative estimate of drug-likeness (QED) is 0.596. The predicted octanol–water partition coefficient (Wildman–Crippen LogP) is -0.133. The standard InChI is InChI=1S/C12H15N3O5/c1-15(7-2-4-8(16)5-3-7)12(20)14-9(11(18)19)6-10(13)17/h2-5,9,16H,6H2,1H3,(H2,13,17)(H,14,20)(H,18,19). The van der Waals surface area contributed by atoms with Crippen LogP contribution in [0.3, 0.4) is 0 Å². The zero-order valence-electron chi connectivity index (χ0n) is 10.7. The third-order valence-electron chi connectivity index (χ3n) is 2.54. The van der Waals surface area contributed by atoms with Gasteiger partial charge in [0, 0.05) is 12.7 Å². The molecule has 0 fully saturated rings. The van der Waals surface area contributed by atoms with Crippen molar-refractivity contribution in [1.82, 2.24) is 5.32 Å². The number of rotatable bonds is 5. The van der Waals surface area contributed by atoms with Crippen LogP contribution in [0.1, 0.15) is 6.42 Å². The second-order valence-corrected chi connectivity index (χ2v) is 4.09. The number of nitrogens with zero attached hydrogens (tertiary/aromatic N) is 1. The molecule has 0 aliphatic heterocycles. The van der Waals surface area contributed by atoms with Gasteiger partial charge in [0.15, 0.2) is 0 Å². The second kappa shape index (κ2) is 6.41. The summed E-state index contributed by atoms with van der Waals surface area (Å²) in [7, 11) is 1.42. The van der Waals surface area contributed by atoms with E-state index >= 15 is 0 Å². The van der Waals surface area contributed by atoms with Gasteiger partial charge in [-0.3, -0.25) is 9.69 Å². The van der Waals surface area contributed by atoms with Crippen LogP contribution in [0.15, 0.2) is 24.3 Å². The van der Waals surface area contributed by atoms with E-state index in [1.54, 1.807) is 0 Å². The highest BCUT2D eigenvalue weighted by molar-refractivity contribution is 5.95. The molecule has 0 bridgehead atoms. The number of carboxylic acid groups (broad SMARTS) is 1. The Morgan fingerprint density at radius 2 is 1.85 bits per heavy atom. The summed E-state index contributed by atoms with van der Waals surface area (Å²) in [5.41, 5.74) is 5.36. The van der Waals surface area contributed by atoms with Crippen LogP contribution >= 0.6 is 0 Å². The van der Waals surface area contributed by atoms with E-state index in [1.165, 1.54) is 31.3 Å². The molecule has 1 atom stereocenters. The van der Waals surface area contributed by atoms with Crippen molar-refractivity contribution in [2.45, 2.75) is 12.5 Å². The van der Waals surface area contributed by atoms with E-state index in [0.717, 1.165) is 4.90 Å². The number of hydrogen-bond acceptors (Lipinski definition) is 4. The van der Waals surface area contributed by atoms with Crippen molar-refractivity contribution in [3.05, 3.63) is 24.3 Å². The van der Waals surface area contributed by atoms with Crippen molar-refractivity contribution in [3.8, 4) is 5.75 Å². The third-order valence-corrected chi connectivity index (χ3v) is 2.54. The van der Waals surface area contributed by atoms with E-state index in [1.807, 2.05) is 0 Å². The molecule has 1 aromatic rings. The number of phenolic OH excluding ortho intramolecular Hbond substituents is 1. The number of carbonyl (C=O) groups excluding carboxylic acids is 2. The molecule has 108 valence electrons. The van der Waals surface area contributed by atoms with Crippen molar-refractivity contribution < 1.29 is 24.6 Å². The molecule has 0 aliphatic rings. The molecule has 1 unspecified atom stereocenters. The van der Waals surface area contributed by atoms with Crippen molar-refractivity contribution in [1.29, 1.82) is 0 Å². The highest BCUT2D eigenvalue weighted by Crippen LogP contribution is 2.17. The van der Waals surface area contributed by atoms with Crippen molar-refractivity contribution >= 4 is 23.6 Å². The number of hydrogen-bond donors (Lipinski definition) is 4. The summed E-state index contributed by atoms with van der Waals surface area (Å²) in [5.74, 6) is -2.14. The average Bonchev–Trinajstić information content (AvgIpc) is 2.37. The van der Waals surface area contributed by atoms with Crippen molar-refractivity contribution in [2.24, 2.45) is 5.73 Å². The van der Waals surface area contributed by atoms with E-state index in [-0.39, 0.29) is 5.75 Å². The monoisotopic (exact) mass is 281 g/mol. The van der Waals surface area contributed by atoms with Gasteiger partial charge in [-0.1, -0.05) is 0 Å². The molecular formula is C12H15N3O5. The second-order valence-electron chi connectivity index (χ2n) is 4.09. The average molecular weight is 281 g/mol. The lowest BCUT2D eigenvalue weighted by atomic mass is 10.2. The van der Waals surface area contributed by atoms with Crippen LogP contribution in [-0.4, -0.2) is 41.2 Å². The van der Waals surface area contributed by atoms with Gasteiger partial charge in [-0.2, -0.15) is 0 Å². The highest BCUT2D eigenvalue weighted by atomic mass is 16.4. The normalized spacial score (nSPS) is 11.4. The number of benzene rings is 1. The maximum Gasteiger partial charge on any atom is 0.326 e. The summed E-state index contributed by atoms with van der Waals surface area (Å²) >= 11 is 0. The summed E-state index contributed by atoms with van der Waals surface area (Å²) in [5, 5.41) is 20.2. The molecule has 0 saturated carbocycles. The lowest BCUT2D eigenvalue weighted by Gasteiger charge is -2.21. The lowest BCUT2D eigenvalue weighted by Crippen LogP contribution is -2.48. The number of nitrogens with two attached hydrogens (primary N) is 1. The van der Waals surface area contributed by atoms with E-state index in [4.69, 9.17) is 15.9 Å². The number of carboxylic acids is 1. The van der Waals surface area contributed by atoms with E-state index in [9.17, 15) is 14.4 Å². The molecule has 20 heavy (non-hydrogen) atoms. The zero-order chi connectivity index (χ0) is 15.3. The molecule has 1 aromatic carbocycles. The molecule has 1 rings (SSSR count). The smallest absolute Gasteiger partial charge is 0.326 e. The number of carbonyl (C=O) groups is 3. The maximum absolute atomic E-state index is 11.9. The number of primary amides is 1. The number of amides is 3. The molecular weight excluding hydrogens is 266 g/mol. The summed E-state index contributed by atoms with van der Waals surface area (Å²) in [6.07, 6.45) is -0.496. The van der Waals surface area contributed by atoms with Gasteiger partial charge in [0.2, 0.25) is 5.91 Å². The first-order valence-corrected chi connectivity index (χ1v) is 5.65. The molecule has 0 spiro atoms. The SMILES string of the molecule is CN(C(=O)NC(CC(N)=O)C(=O)O)c1ccc(O)cc1. The molecule has 0 saturated heterocycles.